The van der Waals surface area contributed by atoms with Gasteiger partial charge in [0.2, 0.25) is 5.91 Å². The molecule has 0 saturated carbocycles. The van der Waals surface area contributed by atoms with Crippen LogP contribution in [0.2, 0.25) is 5.02 Å². The number of halogens is 1. The van der Waals surface area contributed by atoms with Gasteiger partial charge in [-0.2, -0.15) is 0 Å². The Morgan fingerprint density at radius 2 is 2.10 bits per heavy atom. The largest absolute Gasteiger partial charge is 0.465 e. The molecule has 5 nitrogen and oxygen atoms in total. The van der Waals surface area contributed by atoms with Crippen LogP contribution in [-0.2, 0) is 14.3 Å². The van der Waals surface area contributed by atoms with Crippen LogP contribution in [0, 0.1) is 0 Å². The normalized spacial score (nSPS) is 10.5. The smallest absolute Gasteiger partial charge is 0.320 e. The Morgan fingerprint density at radius 3 is 2.71 bits per heavy atom. The monoisotopic (exact) mass is 312 g/mol. The van der Waals surface area contributed by atoms with Crippen LogP contribution in [0.4, 0.5) is 5.69 Å². The number of ether oxygens (including phenoxy) is 1. The minimum absolute atomic E-state index is 0.112. The number of likely N-dealkylation sites (N-methyl/N-ethyl adjacent to an activating group) is 1. The predicted molar refractivity (Wildman–Crippen MR) is 83.4 cm³/mol. The number of anilines is 1. The first kappa shape index (κ1) is 17.5. The second kappa shape index (κ2) is 9.37. The van der Waals surface area contributed by atoms with Gasteiger partial charge >= 0.3 is 5.97 Å². The first-order valence-electron chi connectivity index (χ1n) is 6.98. The molecule has 0 atom stereocenters. The fraction of sp³-hybridized carbons (Fsp3) is 0.467. The molecule has 0 aliphatic rings. The van der Waals surface area contributed by atoms with Crippen molar-refractivity contribution < 1.29 is 14.3 Å². The van der Waals surface area contributed by atoms with E-state index in [-0.39, 0.29) is 18.4 Å². The molecule has 6 heteroatoms. The zero-order valence-electron chi connectivity index (χ0n) is 12.4. The molecular weight excluding hydrogens is 292 g/mol. The molecule has 0 fully saturated rings. The van der Waals surface area contributed by atoms with E-state index >= 15 is 0 Å². The standard InChI is InChI=1S/C15H21ClN2O3/c1-3-18(11-15(20)21-4-2)9-8-14(19)17-13-7-5-6-12(16)10-13/h5-7,10H,3-4,8-9,11H2,1-2H3,(H,17,19). The molecule has 1 rings (SSSR count). The number of rotatable bonds is 8. The minimum atomic E-state index is -0.269. The van der Waals surface area contributed by atoms with Crippen molar-refractivity contribution in [2.24, 2.45) is 0 Å². The van der Waals surface area contributed by atoms with Crippen LogP contribution in [0.1, 0.15) is 20.3 Å². The van der Waals surface area contributed by atoms with E-state index in [1.807, 2.05) is 11.8 Å². The molecule has 0 aliphatic heterocycles. The summed E-state index contributed by atoms with van der Waals surface area (Å²) >= 11 is 5.85. The van der Waals surface area contributed by atoms with Gasteiger partial charge < -0.3 is 10.1 Å². The second-order valence-electron chi connectivity index (χ2n) is 4.48. The van der Waals surface area contributed by atoms with E-state index < -0.39 is 0 Å². The quantitative estimate of drug-likeness (QED) is 0.750. The highest BCUT2D eigenvalue weighted by molar-refractivity contribution is 6.30. The topological polar surface area (TPSA) is 58.6 Å². The van der Waals surface area contributed by atoms with Gasteiger partial charge in [0.15, 0.2) is 0 Å². The Labute approximate surface area is 130 Å². The maximum atomic E-state index is 11.9. The van der Waals surface area contributed by atoms with Crippen LogP contribution >= 0.6 is 11.6 Å². The summed E-state index contributed by atoms with van der Waals surface area (Å²) in [5, 5.41) is 3.35. The molecule has 0 unspecified atom stereocenters. The summed E-state index contributed by atoms with van der Waals surface area (Å²) in [4.78, 5) is 25.1. The molecule has 1 N–H and O–H groups in total. The van der Waals surface area contributed by atoms with Gasteiger partial charge in [-0.3, -0.25) is 14.5 Å². The van der Waals surface area contributed by atoms with Crippen LogP contribution in [0.5, 0.6) is 0 Å². The minimum Gasteiger partial charge on any atom is -0.465 e. The number of carbonyl (C=O) groups is 2. The fourth-order valence-corrected chi connectivity index (χ4v) is 1.98. The number of esters is 1. The number of hydrogen-bond donors (Lipinski definition) is 1. The van der Waals surface area contributed by atoms with E-state index in [2.05, 4.69) is 5.32 Å². The van der Waals surface area contributed by atoms with Gasteiger partial charge in [-0.25, -0.2) is 0 Å². The van der Waals surface area contributed by atoms with Gasteiger partial charge in [0.05, 0.1) is 13.2 Å². The zero-order chi connectivity index (χ0) is 15.7. The Hall–Kier alpha value is -1.59. The van der Waals surface area contributed by atoms with Crippen molar-refractivity contribution in [2.75, 3.05) is 31.6 Å². The molecule has 0 saturated heterocycles. The van der Waals surface area contributed by atoms with Gasteiger partial charge in [0, 0.05) is 23.7 Å². The summed E-state index contributed by atoms with van der Waals surface area (Å²) in [5.41, 5.74) is 0.668. The Balaban J connectivity index is 2.38. The first-order valence-corrected chi connectivity index (χ1v) is 7.36. The fourth-order valence-electron chi connectivity index (χ4n) is 1.79. The molecule has 0 aliphatic carbocycles. The van der Waals surface area contributed by atoms with E-state index in [1.54, 1.807) is 31.2 Å². The predicted octanol–water partition coefficient (Wildman–Crippen LogP) is 2.55. The lowest BCUT2D eigenvalue weighted by Crippen LogP contribution is -2.33. The summed E-state index contributed by atoms with van der Waals surface area (Å²) in [6.07, 6.45) is 0.305. The van der Waals surface area contributed by atoms with Crippen molar-refractivity contribution in [3.8, 4) is 0 Å². The van der Waals surface area contributed by atoms with Gasteiger partial charge in [-0.05, 0) is 31.7 Å². The molecular formula is C15H21ClN2O3. The molecule has 1 aromatic carbocycles. The van der Waals surface area contributed by atoms with Crippen LogP contribution in [0.3, 0.4) is 0 Å². The van der Waals surface area contributed by atoms with E-state index in [4.69, 9.17) is 16.3 Å². The average molecular weight is 313 g/mol. The lowest BCUT2D eigenvalue weighted by molar-refractivity contribution is -0.144. The third-order valence-electron chi connectivity index (χ3n) is 2.87. The summed E-state index contributed by atoms with van der Waals surface area (Å²) < 4.78 is 4.89. The molecule has 1 amide bonds. The second-order valence-corrected chi connectivity index (χ2v) is 4.92. The lowest BCUT2D eigenvalue weighted by Gasteiger charge is -2.18. The average Bonchev–Trinajstić information content (AvgIpc) is 2.43. The van der Waals surface area contributed by atoms with Crippen molar-refractivity contribution in [2.45, 2.75) is 20.3 Å². The summed E-state index contributed by atoms with van der Waals surface area (Å²) in [5.74, 6) is -0.380. The number of hydrogen-bond acceptors (Lipinski definition) is 4. The Morgan fingerprint density at radius 1 is 1.33 bits per heavy atom. The van der Waals surface area contributed by atoms with E-state index in [9.17, 15) is 9.59 Å². The van der Waals surface area contributed by atoms with Gasteiger partial charge in [-0.15, -0.1) is 0 Å². The molecule has 0 spiro atoms. The number of amides is 1. The van der Waals surface area contributed by atoms with E-state index in [0.29, 0.717) is 36.8 Å². The maximum Gasteiger partial charge on any atom is 0.320 e. The van der Waals surface area contributed by atoms with Crippen molar-refractivity contribution in [3.05, 3.63) is 29.3 Å². The highest BCUT2D eigenvalue weighted by Crippen LogP contribution is 2.14. The lowest BCUT2D eigenvalue weighted by atomic mass is 10.3. The summed E-state index contributed by atoms with van der Waals surface area (Å²) in [7, 11) is 0. The van der Waals surface area contributed by atoms with Crippen LogP contribution in [-0.4, -0.2) is 43.0 Å². The van der Waals surface area contributed by atoms with Crippen molar-refractivity contribution >= 4 is 29.2 Å². The summed E-state index contributed by atoms with van der Waals surface area (Å²) in [6, 6.07) is 6.99. The number of carbonyl (C=O) groups excluding carboxylic acids is 2. The van der Waals surface area contributed by atoms with E-state index in [0.717, 1.165) is 0 Å². The third-order valence-corrected chi connectivity index (χ3v) is 3.10. The zero-order valence-corrected chi connectivity index (χ0v) is 13.2. The third kappa shape index (κ3) is 7.11. The van der Waals surface area contributed by atoms with Crippen molar-refractivity contribution in [3.63, 3.8) is 0 Å². The molecule has 21 heavy (non-hydrogen) atoms. The number of nitrogens with one attached hydrogen (secondary N) is 1. The molecule has 0 heterocycles. The first-order chi connectivity index (χ1) is 10.0. The van der Waals surface area contributed by atoms with Crippen LogP contribution < -0.4 is 5.32 Å². The van der Waals surface area contributed by atoms with Crippen molar-refractivity contribution in [1.82, 2.24) is 4.90 Å². The molecule has 0 aromatic heterocycles. The van der Waals surface area contributed by atoms with Gasteiger partial charge in [-0.1, -0.05) is 24.6 Å². The highest BCUT2D eigenvalue weighted by atomic mass is 35.5. The van der Waals surface area contributed by atoms with Crippen molar-refractivity contribution in [1.29, 1.82) is 0 Å². The van der Waals surface area contributed by atoms with E-state index in [1.165, 1.54) is 0 Å². The SMILES string of the molecule is CCOC(=O)CN(CC)CCC(=O)Nc1cccc(Cl)c1. The van der Waals surface area contributed by atoms with Crippen LogP contribution in [0.15, 0.2) is 24.3 Å². The molecule has 0 radical (unpaired) electrons. The number of nitrogens with zero attached hydrogens (tertiary/aromatic N) is 1. The Bertz CT molecular complexity index is 480. The maximum absolute atomic E-state index is 11.9. The van der Waals surface area contributed by atoms with Crippen LogP contribution in [0.25, 0.3) is 0 Å². The van der Waals surface area contributed by atoms with Gasteiger partial charge in [0.25, 0.3) is 0 Å². The molecule has 116 valence electrons. The Kier molecular flexibility index (Phi) is 7.79. The summed E-state index contributed by atoms with van der Waals surface area (Å²) in [6.45, 7) is 5.46. The molecule has 1 aromatic rings. The molecule has 0 bridgehead atoms. The number of benzene rings is 1. The van der Waals surface area contributed by atoms with Gasteiger partial charge in [0.1, 0.15) is 0 Å². The highest BCUT2D eigenvalue weighted by Gasteiger charge is 2.11.